The molecule has 0 unspecified atom stereocenters. The van der Waals surface area contributed by atoms with E-state index >= 15 is 0 Å². The Balaban J connectivity index is 2.53. The second kappa shape index (κ2) is 5.76. The number of nitrogens with one attached hydrogen (secondary N) is 1. The van der Waals surface area contributed by atoms with Crippen molar-refractivity contribution in [2.24, 2.45) is 0 Å². The molecular formula is C15H11F4N3O. The number of rotatable bonds is 3. The maximum Gasteiger partial charge on any atom is 0.419 e. The van der Waals surface area contributed by atoms with Gasteiger partial charge >= 0.3 is 6.18 Å². The standard InChI is InChI=1S/C15H11F4N3O/c1-22(2)7-9(6-20)14(23)13-4-8-3-11(16)10(15(17,18)19)5-12(8)21-13/h3-5,7,21H,1-2H3/b9-7-. The lowest BCUT2D eigenvalue weighted by Crippen LogP contribution is -2.09. The van der Waals surface area contributed by atoms with Gasteiger partial charge < -0.3 is 9.88 Å². The summed E-state index contributed by atoms with van der Waals surface area (Å²) in [6.45, 7) is 0. The van der Waals surface area contributed by atoms with E-state index in [4.69, 9.17) is 5.26 Å². The van der Waals surface area contributed by atoms with Crippen molar-refractivity contribution in [3.63, 3.8) is 0 Å². The molecule has 0 fully saturated rings. The van der Waals surface area contributed by atoms with Crippen LogP contribution in [-0.2, 0) is 6.18 Å². The summed E-state index contributed by atoms with van der Waals surface area (Å²) in [5.74, 6) is -2.11. The fraction of sp³-hybridized carbons (Fsp3) is 0.200. The van der Waals surface area contributed by atoms with Crippen molar-refractivity contribution < 1.29 is 22.4 Å². The number of nitriles is 1. The molecule has 23 heavy (non-hydrogen) atoms. The first kappa shape index (κ1) is 16.5. The predicted octanol–water partition coefficient (Wildman–Crippen LogP) is 3.48. The maximum atomic E-state index is 13.5. The minimum Gasteiger partial charge on any atom is -0.382 e. The SMILES string of the molecule is CN(C)/C=C(/C#N)C(=O)c1cc2cc(F)c(C(F)(F)F)cc2[nH]1. The van der Waals surface area contributed by atoms with Gasteiger partial charge in [0.2, 0.25) is 5.78 Å². The number of H-pyrrole nitrogens is 1. The molecule has 0 aliphatic carbocycles. The van der Waals surface area contributed by atoms with Gasteiger partial charge in [-0.2, -0.15) is 18.4 Å². The van der Waals surface area contributed by atoms with Crippen LogP contribution in [0.5, 0.6) is 0 Å². The van der Waals surface area contributed by atoms with Crippen molar-refractivity contribution in [3.8, 4) is 6.07 Å². The Morgan fingerprint density at radius 1 is 1.30 bits per heavy atom. The molecule has 0 aliphatic rings. The number of allylic oxidation sites excluding steroid dienone is 1. The van der Waals surface area contributed by atoms with Crippen molar-refractivity contribution in [2.75, 3.05) is 14.1 Å². The van der Waals surface area contributed by atoms with Crippen molar-refractivity contribution in [2.45, 2.75) is 6.18 Å². The molecular weight excluding hydrogens is 314 g/mol. The maximum absolute atomic E-state index is 13.5. The fourth-order valence-electron chi connectivity index (χ4n) is 2.03. The monoisotopic (exact) mass is 325 g/mol. The van der Waals surface area contributed by atoms with Crippen LogP contribution in [-0.4, -0.2) is 29.8 Å². The molecule has 1 heterocycles. The number of aromatic amines is 1. The van der Waals surface area contributed by atoms with E-state index < -0.39 is 23.3 Å². The smallest absolute Gasteiger partial charge is 0.382 e. The second-order valence-corrected chi connectivity index (χ2v) is 5.05. The average molecular weight is 325 g/mol. The number of Topliss-reactive ketones (excluding diaryl/α,β-unsaturated/α-hetero) is 1. The molecule has 0 aliphatic heterocycles. The molecule has 0 atom stereocenters. The van der Waals surface area contributed by atoms with Crippen LogP contribution in [0.1, 0.15) is 16.1 Å². The van der Waals surface area contributed by atoms with Crippen LogP contribution < -0.4 is 0 Å². The Hall–Kier alpha value is -2.82. The highest BCUT2D eigenvalue weighted by molar-refractivity contribution is 6.12. The summed E-state index contributed by atoms with van der Waals surface area (Å²) in [6.07, 6.45) is -3.55. The fourth-order valence-corrected chi connectivity index (χ4v) is 2.03. The highest BCUT2D eigenvalue weighted by Crippen LogP contribution is 2.34. The van der Waals surface area contributed by atoms with Gasteiger partial charge in [0.1, 0.15) is 17.5 Å². The lowest BCUT2D eigenvalue weighted by Gasteiger charge is -2.07. The van der Waals surface area contributed by atoms with Gasteiger partial charge in [-0.05, 0) is 18.2 Å². The number of alkyl halides is 3. The van der Waals surface area contributed by atoms with Gasteiger partial charge in [-0.25, -0.2) is 4.39 Å². The zero-order valence-electron chi connectivity index (χ0n) is 12.1. The molecule has 2 aromatic rings. The largest absolute Gasteiger partial charge is 0.419 e. The molecule has 0 bridgehead atoms. The number of nitrogens with zero attached hydrogens (tertiary/aromatic N) is 2. The summed E-state index contributed by atoms with van der Waals surface area (Å²) in [4.78, 5) is 16.2. The topological polar surface area (TPSA) is 59.9 Å². The van der Waals surface area contributed by atoms with Crippen molar-refractivity contribution in [1.29, 1.82) is 5.26 Å². The van der Waals surface area contributed by atoms with E-state index in [0.29, 0.717) is 12.1 Å². The number of carbonyl (C=O) groups is 1. The quantitative estimate of drug-likeness (QED) is 0.407. The van der Waals surface area contributed by atoms with E-state index in [9.17, 15) is 22.4 Å². The lowest BCUT2D eigenvalue weighted by molar-refractivity contribution is -0.139. The van der Waals surface area contributed by atoms with Gasteiger partial charge in [0.25, 0.3) is 0 Å². The average Bonchev–Trinajstić information content (AvgIpc) is 2.84. The summed E-state index contributed by atoms with van der Waals surface area (Å²) < 4.78 is 51.6. The van der Waals surface area contributed by atoms with E-state index in [1.165, 1.54) is 17.2 Å². The van der Waals surface area contributed by atoms with Crippen molar-refractivity contribution in [1.82, 2.24) is 9.88 Å². The van der Waals surface area contributed by atoms with Crippen LogP contribution in [0.15, 0.2) is 30.0 Å². The molecule has 1 aromatic carbocycles. The van der Waals surface area contributed by atoms with E-state index in [1.807, 2.05) is 0 Å². The predicted molar refractivity (Wildman–Crippen MR) is 75.0 cm³/mol. The zero-order valence-corrected chi connectivity index (χ0v) is 12.1. The Labute approximate surface area is 128 Å². The lowest BCUT2D eigenvalue weighted by atomic mass is 10.1. The van der Waals surface area contributed by atoms with Gasteiger partial charge in [0.15, 0.2) is 0 Å². The number of ketones is 1. The highest BCUT2D eigenvalue weighted by atomic mass is 19.4. The number of hydrogen-bond donors (Lipinski definition) is 1. The van der Waals surface area contributed by atoms with Crippen LogP contribution in [0.2, 0.25) is 0 Å². The van der Waals surface area contributed by atoms with Crippen LogP contribution >= 0.6 is 0 Å². The number of benzene rings is 1. The van der Waals surface area contributed by atoms with Gasteiger partial charge in [-0.1, -0.05) is 0 Å². The molecule has 120 valence electrons. The molecule has 1 N–H and O–H groups in total. The molecule has 4 nitrogen and oxygen atoms in total. The molecule has 0 amide bonds. The van der Waals surface area contributed by atoms with Crippen LogP contribution in [0.3, 0.4) is 0 Å². The van der Waals surface area contributed by atoms with Gasteiger partial charge in [0.05, 0.1) is 11.3 Å². The van der Waals surface area contributed by atoms with E-state index in [0.717, 1.165) is 0 Å². The van der Waals surface area contributed by atoms with Gasteiger partial charge in [0, 0.05) is 31.2 Å². The number of hydrogen-bond acceptors (Lipinski definition) is 3. The molecule has 8 heteroatoms. The number of halogens is 4. The Bertz CT molecular complexity index is 841. The third-order valence-electron chi connectivity index (χ3n) is 3.01. The normalized spacial score (nSPS) is 12.3. The minimum atomic E-state index is -4.84. The van der Waals surface area contributed by atoms with Crippen LogP contribution in [0.25, 0.3) is 10.9 Å². The van der Waals surface area contributed by atoms with E-state index in [-0.39, 0.29) is 22.2 Å². The molecule has 0 saturated heterocycles. The molecule has 2 rings (SSSR count). The molecule has 1 aromatic heterocycles. The third kappa shape index (κ3) is 3.34. The van der Waals surface area contributed by atoms with Gasteiger partial charge in [-0.15, -0.1) is 0 Å². The molecule has 0 spiro atoms. The summed E-state index contributed by atoms with van der Waals surface area (Å²) in [5, 5.41) is 9.10. The van der Waals surface area contributed by atoms with E-state index in [2.05, 4.69) is 4.98 Å². The van der Waals surface area contributed by atoms with Crippen LogP contribution in [0.4, 0.5) is 17.6 Å². The Morgan fingerprint density at radius 2 is 1.96 bits per heavy atom. The minimum absolute atomic E-state index is 0.0378. The van der Waals surface area contributed by atoms with E-state index in [1.54, 1.807) is 20.2 Å². The Morgan fingerprint density at radius 3 is 2.48 bits per heavy atom. The highest BCUT2D eigenvalue weighted by Gasteiger charge is 2.34. The summed E-state index contributed by atoms with van der Waals surface area (Å²) in [7, 11) is 3.22. The van der Waals surface area contributed by atoms with Crippen LogP contribution in [0, 0.1) is 17.1 Å². The van der Waals surface area contributed by atoms with Crippen molar-refractivity contribution >= 4 is 16.7 Å². The van der Waals surface area contributed by atoms with Gasteiger partial charge in [-0.3, -0.25) is 4.79 Å². The zero-order chi connectivity index (χ0) is 17.4. The summed E-state index contributed by atoms with van der Waals surface area (Å²) >= 11 is 0. The first-order chi connectivity index (χ1) is 10.6. The second-order valence-electron chi connectivity index (χ2n) is 5.05. The first-order valence-corrected chi connectivity index (χ1v) is 6.36. The number of aromatic nitrogens is 1. The third-order valence-corrected chi connectivity index (χ3v) is 3.01. The number of carbonyl (C=O) groups excluding carboxylic acids is 1. The summed E-state index contributed by atoms with van der Waals surface area (Å²) in [5.41, 5.74) is -1.74. The number of fused-ring (bicyclic) bond motifs is 1. The summed E-state index contributed by atoms with van der Waals surface area (Å²) in [6, 6.07) is 4.23. The Kier molecular flexibility index (Phi) is 4.14. The molecule has 0 saturated carbocycles. The first-order valence-electron chi connectivity index (χ1n) is 6.36. The molecule has 0 radical (unpaired) electrons. The van der Waals surface area contributed by atoms with Crippen molar-refractivity contribution in [3.05, 3.63) is 47.0 Å².